The number of hydrogen-bond donors (Lipinski definition) is 7. The van der Waals surface area contributed by atoms with E-state index in [1.807, 2.05) is 101 Å². The number of nitrogen functional groups attached to an aromatic ring is 3. The minimum atomic E-state index is -0.426. The van der Waals surface area contributed by atoms with Crippen molar-refractivity contribution in [2.45, 2.75) is 54.4 Å². The summed E-state index contributed by atoms with van der Waals surface area (Å²) < 4.78 is 0. The highest BCUT2D eigenvalue weighted by atomic mass is 35.5. The van der Waals surface area contributed by atoms with Gasteiger partial charge in [0.05, 0.1) is 0 Å². The van der Waals surface area contributed by atoms with Crippen LogP contribution in [0.25, 0.3) is 32.3 Å². The maximum atomic E-state index is 11.1. The van der Waals surface area contributed by atoms with E-state index in [4.69, 9.17) is 61.4 Å². The predicted molar refractivity (Wildman–Crippen MR) is 267 cm³/mol. The zero-order valence-electron chi connectivity index (χ0n) is 37.4. The Morgan fingerprint density at radius 3 is 1.62 bits per heavy atom. The van der Waals surface area contributed by atoms with Crippen molar-refractivity contribution in [2.75, 3.05) is 17.2 Å². The Morgan fingerprint density at radius 2 is 1.05 bits per heavy atom. The average molecular weight is 906 g/mol. The molecule has 0 bridgehead atoms. The fraction of sp³-hybridized carbons (Fsp3) is 0.160. The Bertz CT molecular complexity index is 3160. The molecule has 1 amide bonds. The van der Waals surface area contributed by atoms with E-state index >= 15 is 0 Å². The molecule has 0 saturated heterocycles. The number of carbonyl (C=O) groups excluding carboxylic acids is 1. The first-order valence-electron chi connectivity index (χ1n) is 20.7. The molecule has 0 spiro atoms. The zero-order valence-corrected chi connectivity index (χ0v) is 38.1. The van der Waals surface area contributed by atoms with Gasteiger partial charge < -0.3 is 49.8 Å². The van der Waals surface area contributed by atoms with Crippen molar-refractivity contribution in [1.29, 1.82) is 0 Å². The van der Waals surface area contributed by atoms with Gasteiger partial charge in [0, 0.05) is 74.1 Å². The van der Waals surface area contributed by atoms with Gasteiger partial charge in [-0.15, -0.1) is 0 Å². The third-order valence-corrected chi connectivity index (χ3v) is 11.2. The molecule has 14 N–H and O–H groups in total. The zero-order chi connectivity index (χ0) is 47.7. The number of amides is 1. The summed E-state index contributed by atoms with van der Waals surface area (Å²) in [4.78, 5) is 33.0. The molecule has 0 atom stereocenters. The number of anilines is 3. The fourth-order valence-corrected chi connectivity index (χ4v) is 7.32. The number of amidine groups is 2. The van der Waals surface area contributed by atoms with E-state index in [2.05, 4.69) is 37.4 Å². The maximum Gasteiger partial charge on any atom is 0.248 e. The monoisotopic (exact) mass is 904 g/mol. The summed E-state index contributed by atoms with van der Waals surface area (Å²) in [6.45, 7) is 11.5. The molecular weight excluding hydrogens is 852 g/mol. The second kappa shape index (κ2) is 21.1. The molecule has 8 aromatic rings. The summed E-state index contributed by atoms with van der Waals surface area (Å²) in [5, 5.41) is 14.0. The Hall–Kier alpha value is -8.01. The topological polar surface area (TPSA) is 281 Å². The number of aryl methyl sites for hydroxylation is 5. The SMILES string of the molecule is Cc1cc2c(N)nccc2cc1C(N)=O.Cc1cc2c(N)nccc2cc1CN.Cc1cc2c(N)nccc2cc1Cl.Cc1ccc2c(c1)C(N)=NOC2.Cc1ccc2c(c1)CON=C2N. The molecule has 338 valence electrons. The first-order chi connectivity index (χ1) is 31.5. The van der Waals surface area contributed by atoms with Crippen molar-refractivity contribution in [3.8, 4) is 0 Å². The van der Waals surface area contributed by atoms with Crippen LogP contribution < -0.4 is 40.1 Å². The van der Waals surface area contributed by atoms with Crippen molar-refractivity contribution in [3.63, 3.8) is 0 Å². The van der Waals surface area contributed by atoms with E-state index in [-0.39, 0.29) is 0 Å². The van der Waals surface area contributed by atoms with Crippen LogP contribution in [0.5, 0.6) is 0 Å². The van der Waals surface area contributed by atoms with Crippen LogP contribution in [0.3, 0.4) is 0 Å². The molecule has 15 nitrogen and oxygen atoms in total. The van der Waals surface area contributed by atoms with Crippen LogP contribution in [0.4, 0.5) is 17.5 Å². The highest BCUT2D eigenvalue weighted by molar-refractivity contribution is 6.32. The van der Waals surface area contributed by atoms with Crippen LogP contribution >= 0.6 is 11.6 Å². The van der Waals surface area contributed by atoms with Crippen molar-refractivity contribution in [1.82, 2.24) is 15.0 Å². The lowest BCUT2D eigenvalue weighted by molar-refractivity contribution is 0.1000. The quantitative estimate of drug-likeness (QED) is 0.0872. The van der Waals surface area contributed by atoms with Gasteiger partial charge in [0.25, 0.3) is 0 Å². The number of nitrogens with zero attached hydrogens (tertiary/aromatic N) is 5. The van der Waals surface area contributed by atoms with Gasteiger partial charge in [0.1, 0.15) is 30.7 Å². The summed E-state index contributed by atoms with van der Waals surface area (Å²) in [5.74, 6) is 2.11. The second-order valence-electron chi connectivity index (χ2n) is 15.7. The molecule has 66 heavy (non-hydrogen) atoms. The molecule has 0 unspecified atom stereocenters. The van der Waals surface area contributed by atoms with Gasteiger partial charge in [-0.25, -0.2) is 15.0 Å². The van der Waals surface area contributed by atoms with Gasteiger partial charge in [-0.1, -0.05) is 63.4 Å². The number of primary amides is 1. The van der Waals surface area contributed by atoms with Crippen LogP contribution in [0, 0.1) is 34.6 Å². The van der Waals surface area contributed by atoms with Crippen LogP contribution in [0.2, 0.25) is 5.02 Å². The number of aromatic nitrogens is 3. The van der Waals surface area contributed by atoms with Gasteiger partial charge >= 0.3 is 0 Å². The summed E-state index contributed by atoms with van der Waals surface area (Å²) in [6.07, 6.45) is 5.01. The van der Waals surface area contributed by atoms with Gasteiger partial charge in [0.2, 0.25) is 5.91 Å². The molecule has 5 aromatic carbocycles. The Morgan fingerprint density at radius 1 is 0.561 bits per heavy atom. The summed E-state index contributed by atoms with van der Waals surface area (Å²) in [6, 6.07) is 29.4. The lowest BCUT2D eigenvalue weighted by Gasteiger charge is -2.13. The second-order valence-corrected chi connectivity index (χ2v) is 16.1. The van der Waals surface area contributed by atoms with Gasteiger partial charge in [-0.05, 0) is 134 Å². The molecular formula is C50H53ClN12O3. The number of nitrogens with two attached hydrogens (primary N) is 7. The molecule has 10 rings (SSSR count). The van der Waals surface area contributed by atoms with Crippen molar-refractivity contribution in [3.05, 3.63) is 176 Å². The Balaban J connectivity index is 0.000000137. The number of benzene rings is 5. The third-order valence-electron chi connectivity index (χ3n) is 10.8. The molecule has 0 fully saturated rings. The third kappa shape index (κ3) is 11.4. The van der Waals surface area contributed by atoms with Gasteiger partial charge in [-0.3, -0.25) is 4.79 Å². The number of carbonyl (C=O) groups is 1. The summed E-state index contributed by atoms with van der Waals surface area (Å²) in [7, 11) is 0. The molecule has 0 aliphatic carbocycles. The van der Waals surface area contributed by atoms with E-state index in [0.717, 1.165) is 76.3 Å². The van der Waals surface area contributed by atoms with Gasteiger partial charge in [-0.2, -0.15) is 0 Å². The van der Waals surface area contributed by atoms with E-state index in [1.165, 1.54) is 16.7 Å². The molecule has 3 aromatic heterocycles. The number of fused-ring (bicyclic) bond motifs is 5. The normalized spacial score (nSPS) is 12.0. The molecule has 2 aliphatic heterocycles. The number of hydrogen-bond acceptors (Lipinski definition) is 14. The van der Waals surface area contributed by atoms with E-state index in [1.54, 1.807) is 30.7 Å². The maximum absolute atomic E-state index is 11.1. The number of rotatable bonds is 2. The predicted octanol–water partition coefficient (Wildman–Crippen LogP) is 7.88. The van der Waals surface area contributed by atoms with Gasteiger partial charge in [0.15, 0.2) is 11.7 Å². The standard InChI is InChI=1S/C11H11N3O.C11H13N3.C10H9ClN2.2C9H10N2O/c1-6-4-9-7(2-3-14-10(9)12)5-8(6)11(13)15;1-7-4-10-8(5-9(7)6-12)2-3-14-11(10)13;1-6-4-8-7(5-9(6)11)2-3-13-10(8)12;1-6-2-3-8-7(4-6)5-12-11-9(8)10;1-6-2-3-7-5-12-11-9(10)8(7)4-6/h2-5H,1H3,(H2,12,14)(H2,13,15);2-5H,6,12H2,1H3,(H2,13,14);2-5H,1H3,(H2,12,13);2*2-4H,5H2,1H3,(H2,10,11). The Labute approximate surface area is 387 Å². The van der Waals surface area contributed by atoms with Crippen LogP contribution in [-0.2, 0) is 29.4 Å². The summed E-state index contributed by atoms with van der Waals surface area (Å²) in [5.41, 5.74) is 50.7. The number of halogens is 1. The first kappa shape index (κ1) is 47.5. The molecule has 0 radical (unpaired) electrons. The van der Waals surface area contributed by atoms with E-state index in [0.29, 0.717) is 54.4 Å². The lowest BCUT2D eigenvalue weighted by atomic mass is 10.0. The number of pyridine rings is 3. The minimum Gasteiger partial charge on any atom is -0.389 e. The van der Waals surface area contributed by atoms with E-state index < -0.39 is 5.91 Å². The highest BCUT2D eigenvalue weighted by Crippen LogP contribution is 2.27. The lowest BCUT2D eigenvalue weighted by Crippen LogP contribution is -2.20. The molecule has 5 heterocycles. The number of oxime groups is 2. The molecule has 0 saturated carbocycles. The highest BCUT2D eigenvalue weighted by Gasteiger charge is 2.13. The van der Waals surface area contributed by atoms with Crippen LogP contribution in [0.15, 0.2) is 120 Å². The van der Waals surface area contributed by atoms with Crippen LogP contribution in [-0.4, -0.2) is 32.5 Å². The molecule has 2 aliphatic rings. The van der Waals surface area contributed by atoms with Crippen LogP contribution in [0.1, 0.15) is 66.0 Å². The van der Waals surface area contributed by atoms with Crippen molar-refractivity contribution >= 4 is 79.0 Å². The van der Waals surface area contributed by atoms with Crippen molar-refractivity contribution in [2.24, 2.45) is 33.2 Å². The first-order valence-corrected chi connectivity index (χ1v) is 21.1. The largest absolute Gasteiger partial charge is 0.389 e. The smallest absolute Gasteiger partial charge is 0.248 e. The minimum absolute atomic E-state index is 0.426. The van der Waals surface area contributed by atoms with Crippen molar-refractivity contribution < 1.29 is 14.5 Å². The summed E-state index contributed by atoms with van der Waals surface area (Å²) >= 11 is 5.98. The van der Waals surface area contributed by atoms with E-state index in [9.17, 15) is 4.79 Å². The average Bonchev–Trinajstić information content (AvgIpc) is 3.29. The molecule has 16 heteroatoms. The Kier molecular flexibility index (Phi) is 15.2. The fourth-order valence-electron chi connectivity index (χ4n) is 7.15.